The molecule has 0 fully saturated rings. The van der Waals surface area contributed by atoms with Gasteiger partial charge in [-0.1, -0.05) is 244 Å². The van der Waals surface area contributed by atoms with Crippen molar-refractivity contribution in [2.75, 3.05) is 40.9 Å². The van der Waals surface area contributed by atoms with Crippen LogP contribution in [0, 0.1) is 0 Å². The molecule has 0 aliphatic carbocycles. The predicted octanol–water partition coefficient (Wildman–Crippen LogP) is 16.3. The van der Waals surface area contributed by atoms with E-state index in [-0.39, 0.29) is 19.1 Å². The molecule has 3 atom stereocenters. The number of aliphatic hydroxyl groups is 1. The number of carbonyl (C=O) groups is 1. The Hall–Kier alpha value is -0.760. The van der Waals surface area contributed by atoms with Gasteiger partial charge in [-0.3, -0.25) is 13.8 Å². The maximum Gasteiger partial charge on any atom is 0.472 e. The largest absolute Gasteiger partial charge is 0.472 e. The number of aliphatic hydroxyl groups excluding tert-OH is 1. The first-order valence-corrected chi connectivity index (χ1v) is 29.0. The summed E-state index contributed by atoms with van der Waals surface area (Å²) in [5, 5.41) is 14.0. The summed E-state index contributed by atoms with van der Waals surface area (Å²) in [6, 6.07) is -0.755. The molecule has 376 valence electrons. The summed E-state index contributed by atoms with van der Waals surface area (Å²) in [4.78, 5) is 23.2. The van der Waals surface area contributed by atoms with Crippen LogP contribution in [0.3, 0.4) is 0 Å². The van der Waals surface area contributed by atoms with Crippen LogP contribution in [0.25, 0.3) is 0 Å². The quantitative estimate of drug-likeness (QED) is 0.0243. The van der Waals surface area contributed by atoms with Gasteiger partial charge in [0.2, 0.25) is 5.91 Å². The van der Waals surface area contributed by atoms with Gasteiger partial charge < -0.3 is 19.8 Å². The molecule has 0 saturated carbocycles. The van der Waals surface area contributed by atoms with Crippen molar-refractivity contribution in [2.24, 2.45) is 0 Å². The molecule has 0 bridgehead atoms. The Morgan fingerprint density at radius 3 is 1.22 bits per heavy atom. The number of carbonyl (C=O) groups excluding carboxylic acids is 1. The number of phosphoric acid groups is 1. The summed E-state index contributed by atoms with van der Waals surface area (Å²) in [6.45, 7) is 4.91. The lowest BCUT2D eigenvalue weighted by Gasteiger charge is -2.26. The highest BCUT2D eigenvalue weighted by Crippen LogP contribution is 2.43. The number of phosphoric ester groups is 1. The maximum atomic E-state index is 12.9. The van der Waals surface area contributed by atoms with Crippen LogP contribution in [0.2, 0.25) is 0 Å². The molecule has 0 aliphatic heterocycles. The molecular formula is C54H110N2O6P+. The molecule has 8 nitrogen and oxygen atoms in total. The van der Waals surface area contributed by atoms with Crippen LogP contribution in [0.15, 0.2) is 12.2 Å². The van der Waals surface area contributed by atoms with Gasteiger partial charge in [-0.2, -0.15) is 0 Å². The molecule has 3 N–H and O–H groups in total. The lowest BCUT2D eigenvalue weighted by atomic mass is 10.0. The first-order chi connectivity index (χ1) is 30.5. The Morgan fingerprint density at radius 1 is 0.524 bits per heavy atom. The summed E-state index contributed by atoms with van der Waals surface area (Å²) in [6.07, 6.45) is 55.6. The third kappa shape index (κ3) is 49.0. The Balaban J connectivity index is 4.01. The normalized spacial score (nSPS) is 14.1. The van der Waals surface area contributed by atoms with Crippen molar-refractivity contribution >= 4 is 13.7 Å². The van der Waals surface area contributed by atoms with Crippen molar-refractivity contribution in [3.8, 4) is 0 Å². The summed E-state index contributed by atoms with van der Waals surface area (Å²) in [5.74, 6) is -0.140. The molecule has 0 radical (unpaired) electrons. The van der Waals surface area contributed by atoms with Crippen LogP contribution in [-0.2, 0) is 18.4 Å². The van der Waals surface area contributed by atoms with Gasteiger partial charge in [0.25, 0.3) is 0 Å². The zero-order valence-corrected chi connectivity index (χ0v) is 43.7. The van der Waals surface area contributed by atoms with Crippen molar-refractivity contribution in [2.45, 2.75) is 289 Å². The summed E-state index contributed by atoms with van der Waals surface area (Å²) in [7, 11) is 1.63. The van der Waals surface area contributed by atoms with Crippen LogP contribution < -0.4 is 5.32 Å². The Morgan fingerprint density at radius 2 is 0.857 bits per heavy atom. The Bertz CT molecular complexity index is 1040. The average molecular weight is 914 g/mol. The Labute approximate surface area is 392 Å². The molecule has 0 aliphatic rings. The second-order valence-electron chi connectivity index (χ2n) is 20.3. The average Bonchev–Trinajstić information content (AvgIpc) is 3.24. The molecule has 0 saturated heterocycles. The fourth-order valence-electron chi connectivity index (χ4n) is 8.40. The highest BCUT2D eigenvalue weighted by molar-refractivity contribution is 7.47. The van der Waals surface area contributed by atoms with Gasteiger partial charge in [0.05, 0.1) is 39.9 Å². The van der Waals surface area contributed by atoms with E-state index in [1.165, 1.54) is 212 Å². The number of quaternary nitrogens is 1. The Kier molecular flexibility index (Phi) is 45.8. The van der Waals surface area contributed by atoms with Crippen LogP contribution in [0.5, 0.6) is 0 Å². The molecule has 0 aromatic carbocycles. The molecule has 3 unspecified atom stereocenters. The monoisotopic (exact) mass is 914 g/mol. The number of hydrogen-bond donors (Lipinski definition) is 3. The van der Waals surface area contributed by atoms with Gasteiger partial charge in [0.15, 0.2) is 0 Å². The lowest BCUT2D eigenvalue weighted by molar-refractivity contribution is -0.870. The van der Waals surface area contributed by atoms with Crippen molar-refractivity contribution in [3.05, 3.63) is 12.2 Å². The van der Waals surface area contributed by atoms with Crippen molar-refractivity contribution < 1.29 is 32.9 Å². The van der Waals surface area contributed by atoms with Gasteiger partial charge >= 0.3 is 7.82 Å². The molecule has 63 heavy (non-hydrogen) atoms. The summed E-state index contributed by atoms with van der Waals surface area (Å²) < 4.78 is 23.7. The van der Waals surface area contributed by atoms with Crippen LogP contribution in [-0.4, -0.2) is 73.4 Å². The summed E-state index contributed by atoms with van der Waals surface area (Å²) in [5.41, 5.74) is 0. The molecule has 0 aromatic rings. The highest BCUT2D eigenvalue weighted by atomic mass is 31.2. The van der Waals surface area contributed by atoms with Gasteiger partial charge in [-0.25, -0.2) is 4.57 Å². The zero-order valence-electron chi connectivity index (χ0n) is 42.8. The molecule has 0 heterocycles. The summed E-state index contributed by atoms with van der Waals surface area (Å²) >= 11 is 0. The molecule has 9 heteroatoms. The van der Waals surface area contributed by atoms with E-state index in [1.807, 2.05) is 21.1 Å². The minimum Gasteiger partial charge on any atom is -0.391 e. The van der Waals surface area contributed by atoms with E-state index in [4.69, 9.17) is 9.05 Å². The number of hydrogen-bond acceptors (Lipinski definition) is 5. The zero-order chi connectivity index (χ0) is 46.4. The fourth-order valence-corrected chi connectivity index (χ4v) is 9.13. The predicted molar refractivity (Wildman–Crippen MR) is 272 cm³/mol. The fraction of sp³-hybridized carbons (Fsp3) is 0.944. The van der Waals surface area contributed by atoms with Crippen molar-refractivity contribution in [1.29, 1.82) is 0 Å². The van der Waals surface area contributed by atoms with E-state index >= 15 is 0 Å². The molecule has 0 rings (SSSR count). The van der Waals surface area contributed by atoms with Gasteiger partial charge in [-0.05, 0) is 38.5 Å². The van der Waals surface area contributed by atoms with Crippen LogP contribution >= 0.6 is 7.82 Å². The number of allylic oxidation sites excluding steroid dienone is 2. The smallest absolute Gasteiger partial charge is 0.391 e. The third-order valence-corrected chi connectivity index (χ3v) is 13.7. The standard InChI is InChI=1S/C54H109N2O6P/c1-6-8-10-12-14-16-18-20-21-22-23-24-25-26-27-28-29-30-31-32-33-34-35-36-38-40-42-44-46-48-54(58)55-52(51-62-63(59,60)61-50-49-56(3,4)5)53(57)47-45-43-41-39-37-19-17-15-13-11-9-7-2/h22-23,52-53,57H,6-21,24-51H2,1-5H3,(H-,55,58,59,60)/p+1/b23-22-. The molecule has 1 amide bonds. The number of unbranched alkanes of at least 4 members (excludes halogenated alkanes) is 36. The second-order valence-corrected chi connectivity index (χ2v) is 21.8. The van der Waals surface area contributed by atoms with E-state index < -0.39 is 20.0 Å². The van der Waals surface area contributed by atoms with E-state index in [2.05, 4.69) is 31.3 Å². The molecule has 0 spiro atoms. The topological polar surface area (TPSA) is 105 Å². The second kappa shape index (κ2) is 46.4. The van der Waals surface area contributed by atoms with Crippen LogP contribution in [0.4, 0.5) is 0 Å². The van der Waals surface area contributed by atoms with E-state index in [9.17, 15) is 19.4 Å². The van der Waals surface area contributed by atoms with Crippen molar-refractivity contribution in [3.63, 3.8) is 0 Å². The molecule has 0 aromatic heterocycles. The highest BCUT2D eigenvalue weighted by Gasteiger charge is 2.28. The van der Waals surface area contributed by atoms with Crippen LogP contribution in [0.1, 0.15) is 277 Å². The number of nitrogens with zero attached hydrogens (tertiary/aromatic N) is 1. The number of nitrogens with one attached hydrogen (secondary N) is 1. The number of amides is 1. The number of rotatable bonds is 51. The van der Waals surface area contributed by atoms with Gasteiger partial charge in [0.1, 0.15) is 13.2 Å². The van der Waals surface area contributed by atoms with Gasteiger partial charge in [-0.15, -0.1) is 0 Å². The maximum absolute atomic E-state index is 12.9. The van der Waals surface area contributed by atoms with E-state index in [0.29, 0.717) is 23.9 Å². The van der Waals surface area contributed by atoms with E-state index in [0.717, 1.165) is 38.5 Å². The minimum absolute atomic E-state index is 0.0775. The molecular weight excluding hydrogens is 804 g/mol. The minimum atomic E-state index is -4.31. The van der Waals surface area contributed by atoms with Crippen molar-refractivity contribution in [1.82, 2.24) is 5.32 Å². The van der Waals surface area contributed by atoms with E-state index in [1.54, 1.807) is 0 Å². The first-order valence-electron chi connectivity index (χ1n) is 27.6. The van der Waals surface area contributed by atoms with Gasteiger partial charge in [0, 0.05) is 6.42 Å². The lowest BCUT2D eigenvalue weighted by Crippen LogP contribution is -2.46. The first kappa shape index (κ1) is 62.2. The third-order valence-electron chi connectivity index (χ3n) is 12.8. The SMILES string of the molecule is CCCCCCCCCC/C=C\CCCCCCCCCCCCCCCCCCCC(=O)NC(COP(=O)(O)OCC[N+](C)(C)C)C(O)CCCCCCCCCCCCCC. The number of likely N-dealkylation sites (N-methyl/N-ethyl adjacent to an activating group) is 1.